The Balaban J connectivity index is 0.00000180. The summed E-state index contributed by atoms with van der Waals surface area (Å²) in [7, 11) is 0. The number of nitrogens with one attached hydrogen (secondary N) is 1. The van der Waals surface area contributed by atoms with Gasteiger partial charge in [0.1, 0.15) is 0 Å². The van der Waals surface area contributed by atoms with Crippen LogP contribution in [-0.4, -0.2) is 46.6 Å². The third kappa shape index (κ3) is 5.89. The van der Waals surface area contributed by atoms with Gasteiger partial charge in [0.2, 0.25) is 5.95 Å². The monoisotopic (exact) mass is 557 g/mol. The van der Waals surface area contributed by atoms with Gasteiger partial charge in [0, 0.05) is 70.3 Å². The van der Waals surface area contributed by atoms with Crippen molar-refractivity contribution in [3.63, 3.8) is 0 Å². The molecule has 0 aliphatic carbocycles. The molecule has 2 aromatic carbocycles. The standard InChI is InChI=1S/C26H26N6O2.CH3.Y/c1-18-22-11-12-23(33)32(24(22)30-26(29-18)31-15-13-27-14-16-31)21-9-7-20(8-10-21)25(34)28-17-19-5-3-2-4-6-19;;/h2-12,27H,13-17H2,1H3,(H,28,34);1H3;/q;-1;/p-1. The van der Waals surface area contributed by atoms with E-state index in [0.717, 1.165) is 42.8 Å². The largest absolute Gasteiger partial charge is 0.646 e. The summed E-state index contributed by atoms with van der Waals surface area (Å²) >= 11 is 0. The SMILES string of the molecule is Cc1nc(N2CCNCC2)nc2c1ccc(=O)n2-c1ccc(C(=O)[N-]Cc2ccccc2)cc1.[CH3-].[Y]. The fraction of sp³-hybridized carbons (Fsp3) is 0.222. The van der Waals surface area contributed by atoms with Gasteiger partial charge >= 0.3 is 0 Å². The Morgan fingerprint density at radius 2 is 1.67 bits per heavy atom. The Hall–Kier alpha value is -2.94. The first kappa shape index (κ1) is 27.6. The number of hydrogen-bond donors (Lipinski definition) is 1. The van der Waals surface area contributed by atoms with Crippen molar-refractivity contribution >= 4 is 22.9 Å². The van der Waals surface area contributed by atoms with Crippen LogP contribution < -0.4 is 15.8 Å². The van der Waals surface area contributed by atoms with Crippen molar-refractivity contribution in [3.8, 4) is 5.69 Å². The van der Waals surface area contributed by atoms with Gasteiger partial charge in [-0.25, -0.2) is 4.98 Å². The Morgan fingerprint density at radius 1 is 0.972 bits per heavy atom. The molecule has 9 heteroatoms. The second kappa shape index (κ2) is 12.3. The molecule has 183 valence electrons. The van der Waals surface area contributed by atoms with Gasteiger partial charge in [-0.15, -0.1) is 6.54 Å². The number of benzene rings is 2. The number of amides is 1. The van der Waals surface area contributed by atoms with Crippen molar-refractivity contribution in [1.82, 2.24) is 19.9 Å². The summed E-state index contributed by atoms with van der Waals surface area (Å²) in [4.78, 5) is 37.0. The van der Waals surface area contributed by atoms with Crippen LogP contribution in [0.15, 0.2) is 71.5 Å². The zero-order valence-electron chi connectivity index (χ0n) is 20.5. The van der Waals surface area contributed by atoms with E-state index in [2.05, 4.69) is 20.5 Å². The summed E-state index contributed by atoms with van der Waals surface area (Å²) in [6.07, 6.45) is 0. The minimum absolute atomic E-state index is 0. The number of carbonyl (C=O) groups excluding carboxylic acids is 1. The average molecular weight is 557 g/mol. The van der Waals surface area contributed by atoms with Crippen molar-refractivity contribution in [2.75, 3.05) is 31.1 Å². The molecule has 1 aliphatic heterocycles. The second-order valence-corrected chi connectivity index (χ2v) is 8.24. The molecule has 1 fully saturated rings. The first-order valence-corrected chi connectivity index (χ1v) is 11.3. The van der Waals surface area contributed by atoms with Gasteiger partial charge in [-0.2, -0.15) is 4.98 Å². The third-order valence-corrected chi connectivity index (χ3v) is 5.95. The van der Waals surface area contributed by atoms with E-state index in [1.807, 2.05) is 37.3 Å². The van der Waals surface area contributed by atoms with Gasteiger partial charge in [0.15, 0.2) is 5.65 Å². The Bertz CT molecular complexity index is 1380. The molecule has 0 spiro atoms. The van der Waals surface area contributed by atoms with E-state index in [0.29, 0.717) is 29.4 Å². The fourth-order valence-electron chi connectivity index (χ4n) is 4.10. The zero-order chi connectivity index (χ0) is 23.5. The minimum atomic E-state index is -0.292. The van der Waals surface area contributed by atoms with Gasteiger partial charge in [-0.1, -0.05) is 48.0 Å². The Morgan fingerprint density at radius 3 is 2.36 bits per heavy atom. The summed E-state index contributed by atoms with van der Waals surface area (Å²) in [5.74, 6) is 0.331. The predicted octanol–water partition coefficient (Wildman–Crippen LogP) is 3.66. The van der Waals surface area contributed by atoms with Crippen LogP contribution in [0, 0.1) is 14.4 Å². The molecular weight excluding hydrogens is 529 g/mol. The van der Waals surface area contributed by atoms with Crippen LogP contribution in [0.5, 0.6) is 0 Å². The van der Waals surface area contributed by atoms with Crippen molar-refractivity contribution < 1.29 is 37.5 Å². The van der Waals surface area contributed by atoms with E-state index in [1.165, 1.54) is 6.07 Å². The van der Waals surface area contributed by atoms with Gasteiger partial charge in [0.05, 0.1) is 17.3 Å². The van der Waals surface area contributed by atoms with E-state index >= 15 is 0 Å². The number of anilines is 1. The number of fused-ring (bicyclic) bond motifs is 1. The Kier molecular flexibility index (Phi) is 9.48. The molecule has 2 aromatic heterocycles. The molecule has 1 amide bonds. The smallest absolute Gasteiger partial charge is 0.256 e. The molecule has 8 nitrogen and oxygen atoms in total. The van der Waals surface area contributed by atoms with Crippen molar-refractivity contribution in [3.05, 3.63) is 107 Å². The second-order valence-electron chi connectivity index (χ2n) is 8.24. The summed E-state index contributed by atoms with van der Waals surface area (Å²) in [6, 6.07) is 19.8. The van der Waals surface area contributed by atoms with E-state index in [4.69, 9.17) is 4.98 Å². The van der Waals surface area contributed by atoms with E-state index in [-0.39, 0.29) is 51.6 Å². The zero-order valence-corrected chi connectivity index (χ0v) is 23.4. The maximum atomic E-state index is 12.9. The number of carbonyl (C=O) groups is 1. The van der Waals surface area contributed by atoms with Crippen LogP contribution in [-0.2, 0) is 39.3 Å². The summed E-state index contributed by atoms with van der Waals surface area (Å²) in [5, 5.41) is 8.31. The van der Waals surface area contributed by atoms with E-state index in [9.17, 15) is 9.59 Å². The van der Waals surface area contributed by atoms with Crippen LogP contribution in [0.1, 0.15) is 21.6 Å². The molecule has 0 bridgehead atoms. The number of hydrogen-bond acceptors (Lipinski definition) is 6. The number of aryl methyl sites for hydroxylation is 1. The van der Waals surface area contributed by atoms with Gasteiger partial charge in [-0.05, 0) is 30.7 Å². The molecule has 1 radical (unpaired) electrons. The first-order valence-electron chi connectivity index (χ1n) is 11.3. The van der Waals surface area contributed by atoms with Crippen LogP contribution in [0.4, 0.5) is 5.95 Å². The fourth-order valence-corrected chi connectivity index (χ4v) is 4.10. The van der Waals surface area contributed by atoms with E-state index in [1.54, 1.807) is 34.9 Å². The van der Waals surface area contributed by atoms with E-state index < -0.39 is 0 Å². The topological polar surface area (TPSA) is 94.2 Å². The minimum Gasteiger partial charge on any atom is -0.646 e. The van der Waals surface area contributed by atoms with Crippen LogP contribution in [0.25, 0.3) is 22.0 Å². The molecule has 4 aromatic rings. The quantitative estimate of drug-likeness (QED) is 0.377. The molecule has 5 rings (SSSR count). The number of pyridine rings is 1. The predicted molar refractivity (Wildman–Crippen MR) is 139 cm³/mol. The molecule has 3 heterocycles. The summed E-state index contributed by atoms with van der Waals surface area (Å²) in [6.45, 7) is 5.62. The van der Waals surface area contributed by atoms with Gasteiger partial charge < -0.3 is 27.8 Å². The van der Waals surface area contributed by atoms with Crippen molar-refractivity contribution in [2.24, 2.45) is 0 Å². The van der Waals surface area contributed by atoms with Gasteiger partial charge in [-0.3, -0.25) is 9.36 Å². The number of piperazine rings is 1. The molecule has 0 saturated carbocycles. The molecule has 1 saturated heterocycles. The Labute approximate surface area is 236 Å². The first-order chi connectivity index (χ1) is 16.6. The van der Waals surface area contributed by atoms with Crippen LogP contribution in [0.2, 0.25) is 0 Å². The maximum absolute atomic E-state index is 12.9. The van der Waals surface area contributed by atoms with Crippen LogP contribution in [0.3, 0.4) is 0 Å². The normalized spacial score (nSPS) is 13.0. The van der Waals surface area contributed by atoms with Crippen LogP contribution >= 0.6 is 0 Å². The number of rotatable bonds is 5. The molecule has 36 heavy (non-hydrogen) atoms. The third-order valence-electron chi connectivity index (χ3n) is 5.95. The molecule has 1 N–H and O–H groups in total. The average Bonchev–Trinajstić information content (AvgIpc) is 2.88. The maximum Gasteiger partial charge on any atom is 0.256 e. The summed E-state index contributed by atoms with van der Waals surface area (Å²) in [5.41, 5.74) is 3.27. The summed E-state index contributed by atoms with van der Waals surface area (Å²) < 4.78 is 1.57. The molecule has 0 unspecified atom stereocenters. The van der Waals surface area contributed by atoms with Crippen molar-refractivity contribution in [1.29, 1.82) is 0 Å². The molecule has 0 atom stereocenters. The van der Waals surface area contributed by atoms with Crippen molar-refractivity contribution in [2.45, 2.75) is 13.5 Å². The molecular formula is C27H28N6O2Y-2. The number of nitrogens with zero attached hydrogens (tertiary/aromatic N) is 5. The van der Waals surface area contributed by atoms with Gasteiger partial charge in [0.25, 0.3) is 5.56 Å². The number of aromatic nitrogens is 3. The molecule has 1 aliphatic rings.